The molecule has 3 rings (SSSR count). The molecule has 45 heavy (non-hydrogen) atoms. The Kier molecular flexibility index (Phi) is 12.4. The molecule has 4 unspecified atom stereocenters. The summed E-state index contributed by atoms with van der Waals surface area (Å²) < 4.78 is 19.5. The zero-order valence-corrected chi connectivity index (χ0v) is 28.6. The largest absolute Gasteiger partial charge is 0.465 e. The molecule has 11 heteroatoms. The Morgan fingerprint density at radius 1 is 1.20 bits per heavy atom. The molecule has 1 saturated heterocycles. The van der Waals surface area contributed by atoms with Gasteiger partial charge in [0.25, 0.3) is 0 Å². The minimum Gasteiger partial charge on any atom is -0.465 e. The summed E-state index contributed by atoms with van der Waals surface area (Å²) in [6.07, 6.45) is 3.33. The molecular formula is C34H54N4O7. The van der Waals surface area contributed by atoms with E-state index in [0.29, 0.717) is 19.6 Å². The number of aromatic nitrogens is 2. The number of carbonyl (C=O) groups excluding carboxylic acids is 2. The average Bonchev–Trinajstić information content (AvgIpc) is 3.48. The summed E-state index contributed by atoms with van der Waals surface area (Å²) in [5.74, 6) is -0.756. The van der Waals surface area contributed by atoms with Crippen LogP contribution in [0, 0.1) is 17.3 Å². The summed E-state index contributed by atoms with van der Waals surface area (Å²) in [5, 5.41) is 18.9. The van der Waals surface area contributed by atoms with Gasteiger partial charge in [0.15, 0.2) is 0 Å². The minimum absolute atomic E-state index is 0.0132. The van der Waals surface area contributed by atoms with Crippen LogP contribution in [0.3, 0.4) is 0 Å². The maximum absolute atomic E-state index is 13.2. The van der Waals surface area contributed by atoms with Crippen molar-refractivity contribution < 1.29 is 33.7 Å². The number of methoxy groups -OCH3 is 1. The van der Waals surface area contributed by atoms with Gasteiger partial charge in [0.05, 0.1) is 23.9 Å². The van der Waals surface area contributed by atoms with Gasteiger partial charge in [0, 0.05) is 50.4 Å². The fourth-order valence-electron chi connectivity index (χ4n) is 6.45. The number of hydrogen-bond acceptors (Lipinski definition) is 7. The number of amides is 2. The number of nitrogens with one attached hydrogen (secondary N) is 1. The van der Waals surface area contributed by atoms with Gasteiger partial charge in [-0.1, -0.05) is 59.6 Å². The van der Waals surface area contributed by atoms with Crippen molar-refractivity contribution >= 4 is 28.9 Å². The molecule has 0 spiro atoms. The number of nitrogens with zero attached hydrogens (tertiary/aromatic N) is 3. The molecule has 11 nitrogen and oxygen atoms in total. The summed E-state index contributed by atoms with van der Waals surface area (Å²) in [4.78, 5) is 39.7. The van der Waals surface area contributed by atoms with Gasteiger partial charge in [-0.2, -0.15) is 5.10 Å². The maximum Gasteiger partial charge on any atom is 0.409 e. The van der Waals surface area contributed by atoms with E-state index < -0.39 is 41.5 Å². The zero-order valence-electron chi connectivity index (χ0n) is 28.6. The van der Waals surface area contributed by atoms with Gasteiger partial charge in [-0.15, -0.1) is 0 Å². The van der Waals surface area contributed by atoms with Crippen LogP contribution in [0.15, 0.2) is 24.4 Å². The summed E-state index contributed by atoms with van der Waals surface area (Å²) in [5.41, 5.74) is 0.0664. The molecule has 0 radical (unpaired) electrons. The Morgan fingerprint density at radius 2 is 1.91 bits per heavy atom. The minimum atomic E-state index is -1.12. The normalized spacial score (nSPS) is 19.6. The van der Waals surface area contributed by atoms with Crippen molar-refractivity contribution in [2.24, 2.45) is 17.3 Å². The SMILES string of the molecule is CCCCC(C)(C)C(=O)NCC1OC(C)(C)N(C(=O)O)C1CC(C(C)C)C(OC(C)=O)c1ccc2cnn(CCCOC)c2c1. The molecule has 1 fully saturated rings. The van der Waals surface area contributed by atoms with Gasteiger partial charge in [-0.05, 0) is 50.7 Å². The van der Waals surface area contributed by atoms with E-state index in [1.807, 2.05) is 56.8 Å². The van der Waals surface area contributed by atoms with Crippen molar-refractivity contribution in [2.75, 3.05) is 20.3 Å². The lowest BCUT2D eigenvalue weighted by Crippen LogP contribution is -2.50. The number of unbranched alkanes of at least 4 members (excludes halogenated alkanes) is 1. The van der Waals surface area contributed by atoms with E-state index in [-0.39, 0.29) is 24.3 Å². The fourth-order valence-corrected chi connectivity index (χ4v) is 6.45. The van der Waals surface area contributed by atoms with Gasteiger partial charge in [-0.3, -0.25) is 19.2 Å². The van der Waals surface area contributed by atoms with Crippen LogP contribution in [-0.4, -0.2) is 75.9 Å². The number of ether oxygens (including phenoxy) is 3. The van der Waals surface area contributed by atoms with Crippen LogP contribution in [0.25, 0.3) is 10.9 Å². The number of fused-ring (bicyclic) bond motifs is 1. The van der Waals surface area contributed by atoms with E-state index in [4.69, 9.17) is 14.2 Å². The third-order valence-electron chi connectivity index (χ3n) is 8.99. The van der Waals surface area contributed by atoms with E-state index in [0.717, 1.165) is 42.1 Å². The van der Waals surface area contributed by atoms with Crippen molar-refractivity contribution in [3.63, 3.8) is 0 Å². The highest BCUT2D eigenvalue weighted by molar-refractivity contribution is 5.82. The Balaban J connectivity index is 1.97. The number of benzene rings is 1. The number of esters is 1. The molecule has 2 N–H and O–H groups in total. The van der Waals surface area contributed by atoms with E-state index in [9.17, 15) is 19.5 Å². The molecule has 1 aromatic carbocycles. The topological polar surface area (TPSA) is 132 Å². The highest BCUT2D eigenvalue weighted by atomic mass is 16.6. The predicted molar refractivity (Wildman–Crippen MR) is 173 cm³/mol. The molecule has 4 atom stereocenters. The molecule has 2 heterocycles. The second-order valence-electron chi connectivity index (χ2n) is 13.7. The van der Waals surface area contributed by atoms with E-state index in [1.165, 1.54) is 11.8 Å². The molecule has 1 aliphatic heterocycles. The van der Waals surface area contributed by atoms with Crippen LogP contribution < -0.4 is 5.32 Å². The number of hydrogen-bond donors (Lipinski definition) is 2. The maximum atomic E-state index is 13.2. The molecule has 0 bridgehead atoms. The third kappa shape index (κ3) is 8.97. The smallest absolute Gasteiger partial charge is 0.409 e. The van der Waals surface area contributed by atoms with E-state index >= 15 is 0 Å². The van der Waals surface area contributed by atoms with Crippen molar-refractivity contribution in [1.29, 1.82) is 0 Å². The summed E-state index contributed by atoms with van der Waals surface area (Å²) in [6, 6.07) is 5.35. The summed E-state index contributed by atoms with van der Waals surface area (Å²) in [7, 11) is 1.67. The van der Waals surface area contributed by atoms with Gasteiger partial charge in [0.1, 0.15) is 11.8 Å². The first-order valence-electron chi connectivity index (χ1n) is 16.2. The highest BCUT2D eigenvalue weighted by Crippen LogP contribution is 2.42. The molecule has 0 aliphatic carbocycles. The predicted octanol–water partition coefficient (Wildman–Crippen LogP) is 6.16. The number of carbonyl (C=O) groups is 3. The lowest BCUT2D eigenvalue weighted by atomic mass is 9.80. The van der Waals surface area contributed by atoms with Crippen molar-refractivity contribution in [3.05, 3.63) is 30.0 Å². The van der Waals surface area contributed by atoms with Crippen LogP contribution in [0.5, 0.6) is 0 Å². The summed E-state index contributed by atoms with van der Waals surface area (Å²) in [6.45, 7) is 16.4. The Labute approximate surface area is 267 Å². The first-order valence-corrected chi connectivity index (χ1v) is 16.2. The first-order chi connectivity index (χ1) is 21.1. The number of carboxylic acid groups (broad SMARTS) is 1. The lowest BCUT2D eigenvalue weighted by Gasteiger charge is -2.36. The van der Waals surface area contributed by atoms with E-state index in [1.54, 1.807) is 21.0 Å². The Hall–Kier alpha value is -3.18. The number of aryl methyl sites for hydroxylation is 1. The monoisotopic (exact) mass is 630 g/mol. The van der Waals surface area contributed by atoms with Crippen molar-refractivity contribution in [3.8, 4) is 0 Å². The van der Waals surface area contributed by atoms with Crippen LogP contribution in [-0.2, 0) is 30.3 Å². The molecule has 252 valence electrons. The molecular weight excluding hydrogens is 576 g/mol. The second kappa shape index (κ2) is 15.4. The average molecular weight is 631 g/mol. The zero-order chi connectivity index (χ0) is 33.5. The Bertz CT molecular complexity index is 1300. The van der Waals surface area contributed by atoms with Gasteiger partial charge < -0.3 is 24.6 Å². The van der Waals surface area contributed by atoms with Crippen molar-refractivity contribution in [2.45, 2.75) is 118 Å². The molecule has 2 amide bonds. The third-order valence-corrected chi connectivity index (χ3v) is 8.99. The Morgan fingerprint density at radius 3 is 2.51 bits per heavy atom. The van der Waals surface area contributed by atoms with E-state index in [2.05, 4.69) is 17.3 Å². The van der Waals surface area contributed by atoms with Gasteiger partial charge in [-0.25, -0.2) is 4.79 Å². The second-order valence-corrected chi connectivity index (χ2v) is 13.7. The van der Waals surface area contributed by atoms with Crippen LogP contribution >= 0.6 is 0 Å². The molecule has 2 aromatic rings. The lowest BCUT2D eigenvalue weighted by molar-refractivity contribution is -0.151. The van der Waals surface area contributed by atoms with Crippen LogP contribution in [0.2, 0.25) is 0 Å². The summed E-state index contributed by atoms with van der Waals surface area (Å²) >= 11 is 0. The van der Waals surface area contributed by atoms with Crippen molar-refractivity contribution in [1.82, 2.24) is 20.0 Å². The van der Waals surface area contributed by atoms with Crippen LogP contribution in [0.1, 0.15) is 99.2 Å². The highest BCUT2D eigenvalue weighted by Gasteiger charge is 2.51. The standard InChI is InChI=1S/C34H54N4O7/c1-10-11-15-33(5,6)31(40)35-21-29-28(38(32(41)42)34(7,8)45-29)19-26(22(2)3)30(44-23(4)39)24-13-14-25-20-36-37(27(25)18-24)16-12-17-43-9/h13-14,18,20,22,26,28-30H,10-12,15-17,19,21H2,1-9H3,(H,35,40)(H,41,42). The van der Waals surface area contributed by atoms with Gasteiger partial charge in [0.2, 0.25) is 5.91 Å². The quantitative estimate of drug-likeness (QED) is 0.167. The molecule has 1 aromatic heterocycles. The van der Waals surface area contributed by atoms with Gasteiger partial charge >= 0.3 is 12.1 Å². The molecule has 0 saturated carbocycles. The molecule has 1 aliphatic rings. The fraction of sp³-hybridized carbons (Fsp3) is 0.706. The first kappa shape index (κ1) is 36.3. The number of rotatable bonds is 16. The van der Waals surface area contributed by atoms with Crippen LogP contribution in [0.4, 0.5) is 4.79 Å².